The molecule has 2 saturated heterocycles. The minimum Gasteiger partial charge on any atom is -0.347 e. The highest BCUT2D eigenvalue weighted by Gasteiger charge is 2.47. The average Bonchev–Trinajstić information content (AvgIpc) is 4.09. The predicted molar refractivity (Wildman–Crippen MR) is 292 cm³/mol. The molecule has 0 bridgehead atoms. The first kappa shape index (κ1) is 57.2. The first-order chi connectivity index (χ1) is 37.2. The highest BCUT2D eigenvalue weighted by Crippen LogP contribution is 2.32. The third-order valence-corrected chi connectivity index (χ3v) is 13.3. The Bertz CT molecular complexity index is 2790. The summed E-state index contributed by atoms with van der Waals surface area (Å²) in [6, 6.07) is 17.6. The van der Waals surface area contributed by atoms with E-state index < -0.39 is 94.3 Å². The van der Waals surface area contributed by atoms with E-state index in [-0.39, 0.29) is 50.1 Å². The molecule has 0 aliphatic carbocycles. The number of hydrogen-bond acceptors (Lipinski definition) is 14. The van der Waals surface area contributed by atoms with Crippen LogP contribution in [0.2, 0.25) is 0 Å². The monoisotopic (exact) mass is 1060 g/mol. The standard InChI is InChI=1S/C56H68N14O8/c1-55(2,3)45(67-43(71)29-57-7)53(77)69-31-35(27-41(69)51(75)65-39-17-11-9-15-37(39)47-59-23-13-24-60-47)63-49(73)33-19-21-34(22-20-33)50(74)64-36-28-42(70(32-36)54(78)46(56(4,5)6)68-44(72)30-58-8)52(76)66-40-18-12-10-16-38(40)48-61-25-14-26-62-48/h9-26,35-36,41-42,45-46,57-58H,27-32H2,1-8H3,(H,63,73)(H,64,74)(H,65,75)(H,66,76)(H,67,71)(H,68,72). The van der Waals surface area contributed by atoms with Crippen LogP contribution in [0.3, 0.4) is 0 Å². The van der Waals surface area contributed by atoms with Crippen molar-refractivity contribution in [2.75, 3.05) is 50.9 Å². The summed E-state index contributed by atoms with van der Waals surface area (Å²) in [6.45, 7) is 10.6. The lowest BCUT2D eigenvalue weighted by Gasteiger charge is -2.35. The fourth-order valence-corrected chi connectivity index (χ4v) is 9.43. The topological polar surface area (TPSA) is 291 Å². The molecule has 410 valence electrons. The second-order valence-corrected chi connectivity index (χ2v) is 21.4. The molecule has 22 nitrogen and oxygen atoms in total. The van der Waals surface area contributed by atoms with Crippen LogP contribution in [-0.2, 0) is 28.8 Å². The molecule has 2 fully saturated rings. The summed E-state index contributed by atoms with van der Waals surface area (Å²) in [5.41, 5.74) is 0.753. The fourth-order valence-electron chi connectivity index (χ4n) is 9.43. The molecule has 5 aromatic rings. The SMILES string of the molecule is CNCC(=O)NC(C(=O)N1CC(NC(=O)c2ccc(C(=O)NC3CC(C(=O)Nc4ccccc4-c4ncccn4)N(C(=O)C(NC(=O)CNC)C(C)(C)C)C3)cc2)CC1C(=O)Nc1ccccc1-c1ncccn1)C(C)(C)C. The highest BCUT2D eigenvalue weighted by atomic mass is 16.2. The molecule has 8 amide bonds. The quantitative estimate of drug-likeness (QED) is 0.0627. The maximum Gasteiger partial charge on any atom is 0.251 e. The van der Waals surface area contributed by atoms with Gasteiger partial charge in [-0.05, 0) is 98.4 Å². The van der Waals surface area contributed by atoms with Crippen LogP contribution in [0.4, 0.5) is 11.4 Å². The van der Waals surface area contributed by atoms with Crippen molar-refractivity contribution >= 4 is 58.6 Å². The minimum absolute atomic E-state index is 0.0296. The number of carbonyl (C=O) groups excluding carboxylic acids is 8. The lowest BCUT2D eigenvalue weighted by molar-refractivity contribution is -0.142. The number of nitrogens with one attached hydrogen (secondary N) is 8. The van der Waals surface area contributed by atoms with E-state index in [4.69, 9.17) is 0 Å². The number of nitrogens with zero attached hydrogens (tertiary/aromatic N) is 6. The van der Waals surface area contributed by atoms with Crippen LogP contribution in [0.1, 0.15) is 75.1 Å². The molecule has 8 N–H and O–H groups in total. The number of para-hydroxylation sites is 2. The Morgan fingerprint density at radius 1 is 0.513 bits per heavy atom. The number of rotatable bonds is 18. The largest absolute Gasteiger partial charge is 0.347 e. The zero-order valence-corrected chi connectivity index (χ0v) is 45.0. The van der Waals surface area contributed by atoms with E-state index in [0.717, 1.165) is 0 Å². The Kier molecular flexibility index (Phi) is 18.4. The number of likely N-dealkylation sites (N-methyl/N-ethyl adjacent to an activating group) is 2. The highest BCUT2D eigenvalue weighted by molar-refractivity contribution is 6.03. The second kappa shape index (κ2) is 25.1. The maximum absolute atomic E-state index is 14.6. The Labute approximate surface area is 453 Å². The van der Waals surface area contributed by atoms with Crippen LogP contribution in [0.5, 0.6) is 0 Å². The molecule has 0 radical (unpaired) electrons. The molecule has 78 heavy (non-hydrogen) atoms. The molecule has 0 spiro atoms. The van der Waals surface area contributed by atoms with Gasteiger partial charge in [-0.3, -0.25) is 38.4 Å². The van der Waals surface area contributed by atoms with Crippen molar-refractivity contribution < 1.29 is 38.4 Å². The van der Waals surface area contributed by atoms with E-state index in [1.807, 2.05) is 41.5 Å². The first-order valence-corrected chi connectivity index (χ1v) is 25.7. The molecular weight excluding hydrogens is 997 g/mol. The molecule has 6 unspecified atom stereocenters. The minimum atomic E-state index is -1.08. The molecule has 3 aromatic carbocycles. The molecule has 22 heteroatoms. The number of aromatic nitrogens is 4. The second-order valence-electron chi connectivity index (χ2n) is 21.4. The van der Waals surface area contributed by atoms with Crippen LogP contribution < -0.4 is 42.5 Å². The molecule has 0 saturated carbocycles. The summed E-state index contributed by atoms with van der Waals surface area (Å²) in [7, 11) is 3.22. The number of hydrogen-bond donors (Lipinski definition) is 8. The number of likely N-dealkylation sites (tertiary alicyclic amines) is 2. The van der Waals surface area contributed by atoms with Crippen molar-refractivity contribution in [2.45, 2.75) is 90.6 Å². The van der Waals surface area contributed by atoms with Crippen LogP contribution in [0, 0.1) is 10.8 Å². The van der Waals surface area contributed by atoms with E-state index in [2.05, 4.69) is 62.5 Å². The van der Waals surface area contributed by atoms with Gasteiger partial charge in [0.1, 0.15) is 24.2 Å². The molecule has 2 aliphatic rings. The molecule has 6 atom stereocenters. The smallest absolute Gasteiger partial charge is 0.251 e. The van der Waals surface area contributed by atoms with Gasteiger partial charge in [0.15, 0.2) is 11.6 Å². The Balaban J connectivity index is 1.07. The predicted octanol–water partition coefficient (Wildman–Crippen LogP) is 2.78. The van der Waals surface area contributed by atoms with E-state index in [0.29, 0.717) is 34.2 Å². The number of anilines is 2. The molecule has 7 rings (SSSR count). The number of carbonyl (C=O) groups is 8. The van der Waals surface area contributed by atoms with Gasteiger partial charge in [-0.15, -0.1) is 0 Å². The van der Waals surface area contributed by atoms with Crippen molar-refractivity contribution in [3.63, 3.8) is 0 Å². The zero-order valence-electron chi connectivity index (χ0n) is 45.0. The zero-order chi connectivity index (χ0) is 56.3. The van der Waals surface area contributed by atoms with E-state index in [1.165, 1.54) is 34.1 Å². The third-order valence-electron chi connectivity index (χ3n) is 13.3. The molecule has 2 aliphatic heterocycles. The number of benzene rings is 3. The van der Waals surface area contributed by atoms with Gasteiger partial charge >= 0.3 is 0 Å². The van der Waals surface area contributed by atoms with Gasteiger partial charge in [-0.2, -0.15) is 0 Å². The lowest BCUT2D eigenvalue weighted by Crippen LogP contribution is -2.58. The van der Waals surface area contributed by atoms with Gasteiger partial charge in [-0.25, -0.2) is 19.9 Å². The normalized spacial score (nSPS) is 18.0. The van der Waals surface area contributed by atoms with Crippen molar-refractivity contribution in [3.8, 4) is 22.8 Å². The Morgan fingerprint density at radius 2 is 0.859 bits per heavy atom. The summed E-state index contributed by atoms with van der Waals surface area (Å²) in [4.78, 5) is 132. The van der Waals surface area contributed by atoms with Gasteiger partial charge in [0.05, 0.1) is 24.5 Å². The first-order valence-electron chi connectivity index (χ1n) is 25.7. The maximum atomic E-state index is 14.6. The average molecular weight is 1070 g/mol. The van der Waals surface area contributed by atoms with Gasteiger partial charge < -0.3 is 52.3 Å². The molecular formula is C56H68N14O8. The van der Waals surface area contributed by atoms with Gasteiger partial charge in [-0.1, -0.05) is 65.8 Å². The number of amides is 8. The summed E-state index contributed by atoms with van der Waals surface area (Å²) in [5.74, 6) is -3.19. The van der Waals surface area contributed by atoms with Crippen molar-refractivity contribution in [2.24, 2.45) is 10.8 Å². The van der Waals surface area contributed by atoms with Crippen molar-refractivity contribution in [1.82, 2.24) is 61.6 Å². The summed E-state index contributed by atoms with van der Waals surface area (Å²) in [5, 5.41) is 23.1. The van der Waals surface area contributed by atoms with E-state index >= 15 is 0 Å². The van der Waals surface area contributed by atoms with Gasteiger partial charge in [0, 0.05) is 72.2 Å². The summed E-state index contributed by atoms with van der Waals surface area (Å²) in [6.07, 6.45) is 6.40. The van der Waals surface area contributed by atoms with Crippen molar-refractivity contribution in [1.29, 1.82) is 0 Å². The van der Waals surface area contributed by atoms with Gasteiger partial charge in [0.25, 0.3) is 11.8 Å². The Morgan fingerprint density at radius 3 is 1.19 bits per heavy atom. The van der Waals surface area contributed by atoms with E-state index in [9.17, 15) is 38.4 Å². The summed E-state index contributed by atoms with van der Waals surface area (Å²) >= 11 is 0. The van der Waals surface area contributed by atoms with Crippen LogP contribution in [0.25, 0.3) is 22.8 Å². The van der Waals surface area contributed by atoms with Crippen LogP contribution >= 0.6 is 0 Å². The van der Waals surface area contributed by atoms with E-state index in [1.54, 1.807) is 99.5 Å². The lowest BCUT2D eigenvalue weighted by atomic mass is 9.85. The van der Waals surface area contributed by atoms with Crippen molar-refractivity contribution in [3.05, 3.63) is 121 Å². The third kappa shape index (κ3) is 14.1. The Hall–Kier alpha value is -8.50. The summed E-state index contributed by atoms with van der Waals surface area (Å²) < 4.78 is 0. The van der Waals surface area contributed by atoms with Crippen LogP contribution in [0.15, 0.2) is 110 Å². The molecule has 2 aromatic heterocycles. The van der Waals surface area contributed by atoms with Gasteiger partial charge in [0.2, 0.25) is 35.4 Å². The molecule has 4 heterocycles. The fraction of sp³-hybridized carbons (Fsp3) is 0.393. The van der Waals surface area contributed by atoms with Crippen LogP contribution in [-0.4, -0.2) is 154 Å².